The molecule has 2 saturated heterocycles. The zero-order chi connectivity index (χ0) is 18.4. The molecular formula is C20H19N3O3S. The van der Waals surface area contributed by atoms with Crippen molar-refractivity contribution in [1.82, 2.24) is 9.88 Å². The first-order valence-corrected chi connectivity index (χ1v) is 9.94. The van der Waals surface area contributed by atoms with Crippen LogP contribution in [0.25, 0.3) is 0 Å². The van der Waals surface area contributed by atoms with Crippen LogP contribution in [0, 0.1) is 11.8 Å². The number of aromatic nitrogens is 1. The summed E-state index contributed by atoms with van der Waals surface area (Å²) < 4.78 is 6.14. The second-order valence-corrected chi connectivity index (χ2v) is 8.12. The van der Waals surface area contributed by atoms with Crippen LogP contribution in [0.3, 0.4) is 0 Å². The minimum absolute atomic E-state index is 0.0112. The molecule has 2 amide bonds. The molecule has 3 aliphatic rings. The number of amides is 2. The lowest BCUT2D eigenvalue weighted by molar-refractivity contribution is -0.135. The number of thiazole rings is 1. The standard InChI is InChI=1S/C20H19N3O3S/c24-17(22-19-21-9-11-27-19)15-14-6-8-20(26-14)12-23(18(25)16(15)20)10-7-13-4-2-1-3-5-13/h1-6,8-9,11,14-16H,7,10,12H2,(H,21,22,24). The molecule has 3 aliphatic heterocycles. The molecule has 1 aromatic heterocycles. The van der Waals surface area contributed by atoms with Crippen LogP contribution in [0.2, 0.25) is 0 Å². The smallest absolute Gasteiger partial charge is 0.233 e. The number of anilines is 1. The molecule has 1 aromatic carbocycles. The molecule has 138 valence electrons. The highest BCUT2D eigenvalue weighted by molar-refractivity contribution is 7.13. The van der Waals surface area contributed by atoms with Gasteiger partial charge in [0.1, 0.15) is 5.60 Å². The third-order valence-corrected chi connectivity index (χ3v) is 6.35. The summed E-state index contributed by atoms with van der Waals surface area (Å²) in [6, 6.07) is 10.1. The van der Waals surface area contributed by atoms with Crippen LogP contribution in [-0.2, 0) is 20.7 Å². The van der Waals surface area contributed by atoms with E-state index < -0.39 is 17.4 Å². The topological polar surface area (TPSA) is 71.5 Å². The first-order chi connectivity index (χ1) is 13.2. The zero-order valence-electron chi connectivity index (χ0n) is 14.6. The normalized spacial score (nSPS) is 30.7. The third-order valence-electron chi connectivity index (χ3n) is 5.66. The lowest BCUT2D eigenvalue weighted by Gasteiger charge is -2.23. The number of likely N-dealkylation sites (tertiary alicyclic amines) is 1. The van der Waals surface area contributed by atoms with Gasteiger partial charge in [0.25, 0.3) is 0 Å². The summed E-state index contributed by atoms with van der Waals surface area (Å²) >= 11 is 1.36. The van der Waals surface area contributed by atoms with E-state index in [0.717, 1.165) is 6.42 Å². The van der Waals surface area contributed by atoms with Crippen molar-refractivity contribution in [2.45, 2.75) is 18.1 Å². The molecule has 0 aliphatic carbocycles. The Morgan fingerprint density at radius 2 is 2.22 bits per heavy atom. The minimum Gasteiger partial charge on any atom is -0.360 e. The lowest BCUT2D eigenvalue weighted by atomic mass is 9.77. The summed E-state index contributed by atoms with van der Waals surface area (Å²) in [5.74, 6) is -1.14. The molecule has 2 bridgehead atoms. The third kappa shape index (κ3) is 2.69. The average molecular weight is 381 g/mol. The molecule has 6 nitrogen and oxygen atoms in total. The molecule has 4 heterocycles. The monoisotopic (exact) mass is 381 g/mol. The van der Waals surface area contributed by atoms with Crippen LogP contribution < -0.4 is 5.32 Å². The highest BCUT2D eigenvalue weighted by atomic mass is 32.1. The Morgan fingerprint density at radius 3 is 3.00 bits per heavy atom. The van der Waals surface area contributed by atoms with Gasteiger partial charge in [-0.25, -0.2) is 4.98 Å². The average Bonchev–Trinajstić information content (AvgIpc) is 3.44. The molecule has 0 radical (unpaired) electrons. The van der Waals surface area contributed by atoms with Crippen LogP contribution in [0.4, 0.5) is 5.13 Å². The summed E-state index contributed by atoms with van der Waals surface area (Å²) in [7, 11) is 0. The second-order valence-electron chi connectivity index (χ2n) is 7.22. The number of carbonyl (C=O) groups excluding carboxylic acids is 2. The number of ether oxygens (including phenoxy) is 1. The van der Waals surface area contributed by atoms with Gasteiger partial charge in [-0.15, -0.1) is 11.3 Å². The predicted octanol–water partition coefficient (Wildman–Crippen LogP) is 2.11. The van der Waals surface area contributed by atoms with E-state index in [2.05, 4.69) is 22.4 Å². The summed E-state index contributed by atoms with van der Waals surface area (Å²) in [5.41, 5.74) is 0.530. The molecule has 2 fully saturated rings. The van der Waals surface area contributed by atoms with Crippen LogP contribution in [-0.4, -0.2) is 46.5 Å². The molecule has 2 aromatic rings. The van der Waals surface area contributed by atoms with Gasteiger partial charge in [-0.3, -0.25) is 9.59 Å². The van der Waals surface area contributed by atoms with E-state index in [1.54, 1.807) is 11.6 Å². The molecule has 4 atom stereocenters. The molecule has 1 spiro atoms. The van der Waals surface area contributed by atoms with Crippen molar-refractivity contribution in [1.29, 1.82) is 0 Å². The van der Waals surface area contributed by atoms with Crippen molar-refractivity contribution >= 4 is 28.3 Å². The fourth-order valence-corrected chi connectivity index (χ4v) is 4.98. The van der Waals surface area contributed by atoms with E-state index in [4.69, 9.17) is 4.74 Å². The fraction of sp³-hybridized carbons (Fsp3) is 0.350. The quantitative estimate of drug-likeness (QED) is 0.806. The highest BCUT2D eigenvalue weighted by Gasteiger charge is 2.66. The van der Waals surface area contributed by atoms with Gasteiger partial charge in [-0.2, -0.15) is 0 Å². The van der Waals surface area contributed by atoms with E-state index in [9.17, 15) is 9.59 Å². The Morgan fingerprint density at radius 1 is 1.37 bits per heavy atom. The second kappa shape index (κ2) is 6.28. The van der Waals surface area contributed by atoms with Crippen molar-refractivity contribution in [3.63, 3.8) is 0 Å². The first-order valence-electron chi connectivity index (χ1n) is 9.06. The van der Waals surface area contributed by atoms with E-state index in [0.29, 0.717) is 18.2 Å². The van der Waals surface area contributed by atoms with Crippen molar-refractivity contribution in [3.05, 3.63) is 59.6 Å². The highest BCUT2D eigenvalue weighted by Crippen LogP contribution is 2.52. The molecule has 0 saturated carbocycles. The van der Waals surface area contributed by atoms with Gasteiger partial charge in [0.05, 0.1) is 24.5 Å². The van der Waals surface area contributed by atoms with Crippen LogP contribution in [0.5, 0.6) is 0 Å². The number of hydrogen-bond donors (Lipinski definition) is 1. The molecule has 27 heavy (non-hydrogen) atoms. The van der Waals surface area contributed by atoms with Crippen molar-refractivity contribution < 1.29 is 14.3 Å². The van der Waals surface area contributed by atoms with Gasteiger partial charge in [-0.1, -0.05) is 42.5 Å². The maximum absolute atomic E-state index is 13.1. The number of rotatable bonds is 5. The summed E-state index contributed by atoms with van der Waals surface area (Å²) in [6.07, 6.45) is 6.01. The predicted molar refractivity (Wildman–Crippen MR) is 101 cm³/mol. The van der Waals surface area contributed by atoms with Crippen molar-refractivity contribution in [3.8, 4) is 0 Å². The van der Waals surface area contributed by atoms with E-state index in [1.807, 2.05) is 35.3 Å². The van der Waals surface area contributed by atoms with Gasteiger partial charge in [-0.05, 0) is 12.0 Å². The van der Waals surface area contributed by atoms with E-state index in [1.165, 1.54) is 16.9 Å². The Bertz CT molecular complexity index is 898. The Labute approximate surface area is 160 Å². The molecule has 5 rings (SSSR count). The van der Waals surface area contributed by atoms with Crippen molar-refractivity contribution in [2.75, 3.05) is 18.4 Å². The first kappa shape index (κ1) is 16.6. The number of hydrogen-bond acceptors (Lipinski definition) is 5. The minimum atomic E-state index is -0.663. The summed E-state index contributed by atoms with van der Waals surface area (Å²) in [4.78, 5) is 31.9. The van der Waals surface area contributed by atoms with Crippen LogP contribution >= 0.6 is 11.3 Å². The largest absolute Gasteiger partial charge is 0.360 e. The van der Waals surface area contributed by atoms with Crippen LogP contribution in [0.1, 0.15) is 5.56 Å². The lowest BCUT2D eigenvalue weighted by Crippen LogP contribution is -2.41. The number of benzene rings is 1. The summed E-state index contributed by atoms with van der Waals surface area (Å²) in [6.45, 7) is 1.14. The summed E-state index contributed by atoms with van der Waals surface area (Å²) in [5, 5.41) is 5.19. The van der Waals surface area contributed by atoms with E-state index >= 15 is 0 Å². The van der Waals surface area contributed by atoms with Gasteiger partial charge in [0.15, 0.2) is 5.13 Å². The van der Waals surface area contributed by atoms with E-state index in [-0.39, 0.29) is 17.9 Å². The molecule has 1 N–H and O–H groups in total. The van der Waals surface area contributed by atoms with Gasteiger partial charge in [0.2, 0.25) is 11.8 Å². The van der Waals surface area contributed by atoms with Gasteiger partial charge in [0, 0.05) is 18.1 Å². The molecule has 4 unspecified atom stereocenters. The number of carbonyl (C=O) groups is 2. The van der Waals surface area contributed by atoms with Crippen molar-refractivity contribution in [2.24, 2.45) is 11.8 Å². The fourth-order valence-electron chi connectivity index (χ4n) is 4.45. The molecular weight excluding hydrogens is 362 g/mol. The Hall–Kier alpha value is -2.51. The molecule has 7 heteroatoms. The number of fused-ring (bicyclic) bond motifs is 1. The van der Waals surface area contributed by atoms with Gasteiger partial charge < -0.3 is 15.0 Å². The van der Waals surface area contributed by atoms with Gasteiger partial charge >= 0.3 is 0 Å². The zero-order valence-corrected chi connectivity index (χ0v) is 15.4. The Kier molecular flexibility index (Phi) is 3.87. The Balaban J connectivity index is 1.33. The number of nitrogens with one attached hydrogen (secondary N) is 1. The van der Waals surface area contributed by atoms with Crippen LogP contribution in [0.15, 0.2) is 54.1 Å². The maximum Gasteiger partial charge on any atom is 0.233 e. The SMILES string of the molecule is O=C(Nc1nccs1)C1C2C=CC3(CN(CCc4ccccc4)C(=O)C13)O2. The number of nitrogens with zero attached hydrogens (tertiary/aromatic N) is 2. The maximum atomic E-state index is 13.1.